The molecule has 0 saturated carbocycles. The molecule has 0 radical (unpaired) electrons. The van der Waals surface area contributed by atoms with Crippen molar-refractivity contribution in [1.82, 2.24) is 14.2 Å². The Morgan fingerprint density at radius 1 is 0.339 bits per heavy atom. The monoisotopic (exact) mass is 713 g/mol. The predicted molar refractivity (Wildman–Crippen MR) is 234 cm³/mol. The molecule has 0 amide bonds. The van der Waals surface area contributed by atoms with Crippen LogP contribution in [0.15, 0.2) is 212 Å². The molecule has 0 atom stereocenters. The van der Waals surface area contributed by atoms with Crippen LogP contribution in [0.4, 0.5) is 0 Å². The number of benzene rings is 8. The minimum atomic E-state index is 0.972. The van der Waals surface area contributed by atoms with Gasteiger partial charge in [-0.15, -0.1) is 0 Å². The highest BCUT2D eigenvalue weighted by Crippen LogP contribution is 2.42. The average Bonchev–Trinajstić information content (AvgIpc) is 3.84. The Balaban J connectivity index is 1.06. The quantitative estimate of drug-likeness (QED) is 0.168. The van der Waals surface area contributed by atoms with Crippen molar-refractivity contribution < 1.29 is 0 Å². The van der Waals surface area contributed by atoms with Gasteiger partial charge in [0.25, 0.3) is 0 Å². The summed E-state index contributed by atoms with van der Waals surface area (Å²) in [5.74, 6) is 0. The van der Waals surface area contributed by atoms with Crippen molar-refractivity contribution in [2.45, 2.75) is 0 Å². The minimum absolute atomic E-state index is 0.972. The van der Waals surface area contributed by atoms with E-state index < -0.39 is 0 Å². The lowest BCUT2D eigenvalue weighted by Crippen LogP contribution is -1.96. The average molecular weight is 714 g/mol. The zero-order valence-electron chi connectivity index (χ0n) is 30.5. The molecule has 3 heteroatoms. The van der Waals surface area contributed by atoms with Crippen molar-refractivity contribution in [2.24, 2.45) is 0 Å². The Labute approximate surface area is 325 Å². The minimum Gasteiger partial charge on any atom is -0.309 e. The number of hydrogen-bond donors (Lipinski definition) is 0. The summed E-state index contributed by atoms with van der Waals surface area (Å²) >= 11 is 0. The summed E-state index contributed by atoms with van der Waals surface area (Å²) in [5, 5.41) is 10.3. The molecule has 262 valence electrons. The first-order chi connectivity index (χ1) is 27.8. The SMILES string of the molecule is c1ccc(-c2nn3c(-c4ccccc4)cc4ccc(-c5ccc(-c6ccc7c(c6)c6ccccc6n7-c6ccccc6)cc5)cc4c3c2-c2ccccc2)cc1. The van der Waals surface area contributed by atoms with E-state index in [1.807, 2.05) is 0 Å². The maximum Gasteiger partial charge on any atom is 0.101 e. The first-order valence-electron chi connectivity index (χ1n) is 19.1. The van der Waals surface area contributed by atoms with Crippen LogP contribution in [0, 0.1) is 0 Å². The fraction of sp³-hybridized carbons (Fsp3) is 0. The number of fused-ring (bicyclic) bond motifs is 6. The van der Waals surface area contributed by atoms with E-state index in [-0.39, 0.29) is 0 Å². The summed E-state index contributed by atoms with van der Waals surface area (Å²) in [7, 11) is 0. The van der Waals surface area contributed by atoms with Crippen molar-refractivity contribution >= 4 is 38.1 Å². The molecule has 8 aromatic carbocycles. The Kier molecular flexibility index (Phi) is 7.49. The van der Waals surface area contributed by atoms with Gasteiger partial charge in [-0.25, -0.2) is 4.52 Å². The molecule has 0 bridgehead atoms. The molecule has 0 saturated heterocycles. The molecule has 11 rings (SSSR count). The number of rotatable bonds is 6. The topological polar surface area (TPSA) is 22.2 Å². The number of pyridine rings is 1. The number of nitrogens with zero attached hydrogens (tertiary/aromatic N) is 3. The maximum absolute atomic E-state index is 5.41. The molecule has 0 aliphatic heterocycles. The lowest BCUT2D eigenvalue weighted by Gasteiger charge is -2.12. The van der Waals surface area contributed by atoms with E-state index in [0.717, 1.165) is 39.2 Å². The van der Waals surface area contributed by atoms with Gasteiger partial charge in [-0.1, -0.05) is 170 Å². The van der Waals surface area contributed by atoms with Gasteiger partial charge in [0, 0.05) is 38.5 Å². The standard InChI is InChI=1S/C53H35N3/c1-5-15-38(16-6-1)50-35-43-30-29-41(33-46(43)53-51(39-17-7-2-8-18-39)52(54-56(50)53)40-19-9-3-10-20-40)36-25-27-37(28-26-36)42-31-32-49-47(34-42)45-23-13-14-24-48(45)55(49)44-21-11-4-12-22-44/h1-35H. The summed E-state index contributed by atoms with van der Waals surface area (Å²) in [6, 6.07) is 76.2. The normalized spacial score (nSPS) is 11.6. The van der Waals surface area contributed by atoms with Crippen LogP contribution >= 0.6 is 0 Å². The third-order valence-corrected chi connectivity index (χ3v) is 11.1. The van der Waals surface area contributed by atoms with E-state index >= 15 is 0 Å². The van der Waals surface area contributed by atoms with Crippen molar-refractivity contribution in [3.63, 3.8) is 0 Å². The van der Waals surface area contributed by atoms with Crippen LogP contribution in [0.2, 0.25) is 0 Å². The largest absolute Gasteiger partial charge is 0.309 e. The number of hydrogen-bond acceptors (Lipinski definition) is 1. The fourth-order valence-electron chi connectivity index (χ4n) is 8.47. The van der Waals surface area contributed by atoms with Crippen molar-refractivity contribution in [2.75, 3.05) is 0 Å². The molecule has 0 aliphatic carbocycles. The smallest absolute Gasteiger partial charge is 0.101 e. The fourth-order valence-corrected chi connectivity index (χ4v) is 8.47. The molecule has 0 fully saturated rings. The summed E-state index contributed by atoms with van der Waals surface area (Å²) < 4.78 is 4.53. The Morgan fingerprint density at radius 3 is 1.54 bits per heavy atom. The Bertz CT molecular complexity index is 3200. The highest BCUT2D eigenvalue weighted by atomic mass is 15.2. The van der Waals surface area contributed by atoms with Gasteiger partial charge in [0.1, 0.15) is 5.69 Å². The Hall–Kier alpha value is -7.49. The van der Waals surface area contributed by atoms with Crippen molar-refractivity contribution in [3.8, 4) is 61.6 Å². The maximum atomic E-state index is 5.41. The molecule has 0 N–H and O–H groups in total. The first kappa shape index (κ1) is 32.0. The molecule has 0 aliphatic rings. The van der Waals surface area contributed by atoms with E-state index in [1.54, 1.807) is 0 Å². The predicted octanol–water partition coefficient (Wildman–Crippen LogP) is 13.9. The lowest BCUT2D eigenvalue weighted by molar-refractivity contribution is 0.979. The highest BCUT2D eigenvalue weighted by molar-refractivity contribution is 6.11. The third kappa shape index (κ3) is 5.25. The van der Waals surface area contributed by atoms with Crippen molar-refractivity contribution in [3.05, 3.63) is 212 Å². The van der Waals surface area contributed by atoms with Gasteiger partial charge in [-0.2, -0.15) is 5.10 Å². The van der Waals surface area contributed by atoms with Crippen LogP contribution in [0.25, 0.3) is 99.7 Å². The second-order valence-corrected chi connectivity index (χ2v) is 14.4. The van der Waals surface area contributed by atoms with Crippen LogP contribution in [0.5, 0.6) is 0 Å². The zero-order chi connectivity index (χ0) is 37.0. The third-order valence-electron chi connectivity index (χ3n) is 11.1. The van der Waals surface area contributed by atoms with Crippen LogP contribution in [-0.2, 0) is 0 Å². The summed E-state index contributed by atoms with van der Waals surface area (Å²) in [4.78, 5) is 0. The van der Waals surface area contributed by atoms with Crippen LogP contribution in [0.3, 0.4) is 0 Å². The molecular formula is C53H35N3. The van der Waals surface area contributed by atoms with E-state index in [1.165, 1.54) is 60.5 Å². The zero-order valence-corrected chi connectivity index (χ0v) is 30.5. The van der Waals surface area contributed by atoms with E-state index in [2.05, 4.69) is 221 Å². The summed E-state index contributed by atoms with van der Waals surface area (Å²) in [6.45, 7) is 0. The van der Waals surface area contributed by atoms with Gasteiger partial charge in [0.2, 0.25) is 0 Å². The van der Waals surface area contributed by atoms with Gasteiger partial charge >= 0.3 is 0 Å². The van der Waals surface area contributed by atoms with Crippen LogP contribution in [0.1, 0.15) is 0 Å². The first-order valence-corrected chi connectivity index (χ1v) is 19.1. The van der Waals surface area contributed by atoms with Crippen LogP contribution < -0.4 is 0 Å². The molecular weight excluding hydrogens is 679 g/mol. The lowest BCUT2D eigenvalue weighted by atomic mass is 9.94. The molecule has 3 nitrogen and oxygen atoms in total. The van der Waals surface area contributed by atoms with Crippen molar-refractivity contribution in [1.29, 1.82) is 0 Å². The summed E-state index contributed by atoms with van der Waals surface area (Å²) in [5.41, 5.74) is 16.0. The van der Waals surface area contributed by atoms with E-state index in [0.29, 0.717) is 0 Å². The van der Waals surface area contributed by atoms with Gasteiger partial charge < -0.3 is 4.57 Å². The van der Waals surface area contributed by atoms with E-state index in [9.17, 15) is 0 Å². The molecule has 3 aromatic heterocycles. The summed E-state index contributed by atoms with van der Waals surface area (Å²) in [6.07, 6.45) is 0. The Morgan fingerprint density at radius 2 is 0.857 bits per heavy atom. The van der Waals surface area contributed by atoms with Gasteiger partial charge in [-0.05, 0) is 75.7 Å². The number of aromatic nitrogens is 3. The van der Waals surface area contributed by atoms with Gasteiger partial charge in [0.15, 0.2) is 0 Å². The van der Waals surface area contributed by atoms with Gasteiger partial charge in [-0.3, -0.25) is 0 Å². The highest BCUT2D eigenvalue weighted by Gasteiger charge is 2.22. The molecule has 11 aromatic rings. The van der Waals surface area contributed by atoms with Crippen LogP contribution in [-0.4, -0.2) is 14.2 Å². The molecule has 56 heavy (non-hydrogen) atoms. The van der Waals surface area contributed by atoms with Gasteiger partial charge in [0.05, 0.1) is 22.2 Å². The second-order valence-electron chi connectivity index (χ2n) is 14.4. The second kappa shape index (κ2) is 13.1. The molecule has 3 heterocycles. The molecule has 0 spiro atoms. The molecule has 0 unspecified atom stereocenters. The number of para-hydroxylation sites is 2. The van der Waals surface area contributed by atoms with E-state index in [4.69, 9.17) is 5.10 Å².